The maximum atomic E-state index is 12.7. The molecule has 0 fully saturated rings. The minimum Gasteiger partial charge on any atom is -0.493 e. The summed E-state index contributed by atoms with van der Waals surface area (Å²) in [4.78, 5) is 37.5. The zero-order valence-corrected chi connectivity index (χ0v) is 27.5. The minimum absolute atomic E-state index is 0.180. The van der Waals surface area contributed by atoms with Crippen molar-refractivity contribution in [1.82, 2.24) is 16.1 Å². The zero-order valence-electron chi connectivity index (χ0n) is 27.5. The Morgan fingerprint density at radius 1 is 0.979 bits per heavy atom. The van der Waals surface area contributed by atoms with Gasteiger partial charge in [0.1, 0.15) is 6.61 Å². The molecule has 0 bridgehead atoms. The summed E-state index contributed by atoms with van der Waals surface area (Å²) in [6.45, 7) is 9.72. The highest BCUT2D eigenvalue weighted by Gasteiger charge is 2.32. The molecule has 3 amide bonds. The van der Waals surface area contributed by atoms with Crippen LogP contribution in [-0.4, -0.2) is 51.1 Å². The number of carbonyl (C=O) groups excluding carboxylic acids is 3. The van der Waals surface area contributed by atoms with Gasteiger partial charge in [-0.25, -0.2) is 15.0 Å². The first-order chi connectivity index (χ1) is 23.3. The quantitative estimate of drug-likeness (QED) is 0.0834. The van der Waals surface area contributed by atoms with Gasteiger partial charge in [-0.3, -0.25) is 4.79 Å². The molecule has 12 nitrogen and oxygen atoms in total. The molecule has 0 unspecified atom stereocenters. The molecule has 3 aromatic carbocycles. The molecular weight excluding hydrogens is 616 g/mol. The molecule has 1 atom stereocenters. The van der Waals surface area contributed by atoms with Crippen molar-refractivity contribution < 1.29 is 38.1 Å². The van der Waals surface area contributed by atoms with Crippen molar-refractivity contribution in [3.63, 3.8) is 0 Å². The Morgan fingerprint density at radius 2 is 1.77 bits per heavy atom. The molecule has 1 heterocycles. The third kappa shape index (κ3) is 9.15. The van der Waals surface area contributed by atoms with E-state index >= 15 is 0 Å². The summed E-state index contributed by atoms with van der Waals surface area (Å²) in [5.74, 6) is 0.697. The topological polar surface area (TPSA) is 146 Å². The van der Waals surface area contributed by atoms with Gasteiger partial charge in [-0.1, -0.05) is 42.5 Å². The molecule has 12 heteroatoms. The van der Waals surface area contributed by atoms with Crippen molar-refractivity contribution in [1.29, 1.82) is 0 Å². The molecule has 1 aliphatic heterocycles. The maximum absolute atomic E-state index is 12.7. The molecule has 252 valence electrons. The van der Waals surface area contributed by atoms with E-state index in [0.717, 1.165) is 11.1 Å². The molecule has 0 aromatic heterocycles. The Morgan fingerprint density at radius 3 is 2.48 bits per heavy atom. The smallest absolute Gasteiger partial charge is 0.338 e. The van der Waals surface area contributed by atoms with Crippen LogP contribution in [0.25, 0.3) is 0 Å². The Hall–Kier alpha value is -5.78. The van der Waals surface area contributed by atoms with Crippen LogP contribution in [-0.2, 0) is 27.4 Å². The number of benzene rings is 3. The van der Waals surface area contributed by atoms with E-state index < -0.39 is 23.9 Å². The lowest BCUT2D eigenvalue weighted by Crippen LogP contribution is -2.45. The van der Waals surface area contributed by atoms with Gasteiger partial charge in [-0.2, -0.15) is 5.10 Å². The highest BCUT2D eigenvalue weighted by molar-refractivity contribution is 5.95. The highest BCUT2D eigenvalue weighted by Crippen LogP contribution is 2.36. The highest BCUT2D eigenvalue weighted by atomic mass is 16.5. The predicted octanol–water partition coefficient (Wildman–Crippen LogP) is 5.12. The Bertz CT molecular complexity index is 1690. The summed E-state index contributed by atoms with van der Waals surface area (Å²) >= 11 is 0. The molecule has 48 heavy (non-hydrogen) atoms. The van der Waals surface area contributed by atoms with Gasteiger partial charge in [0.2, 0.25) is 0 Å². The number of amides is 3. The molecule has 0 aliphatic carbocycles. The fourth-order valence-corrected chi connectivity index (χ4v) is 4.98. The van der Waals surface area contributed by atoms with Crippen molar-refractivity contribution in [2.45, 2.75) is 39.8 Å². The van der Waals surface area contributed by atoms with E-state index in [4.69, 9.17) is 23.7 Å². The maximum Gasteiger partial charge on any atom is 0.338 e. The van der Waals surface area contributed by atoms with Crippen LogP contribution in [0, 0.1) is 0 Å². The molecule has 3 N–H and O–H groups in total. The first kappa shape index (κ1) is 35.1. The summed E-state index contributed by atoms with van der Waals surface area (Å²) < 4.78 is 28.4. The number of nitrogens with one attached hydrogen (secondary N) is 3. The summed E-state index contributed by atoms with van der Waals surface area (Å²) in [5.41, 5.74) is 6.26. The fourth-order valence-electron chi connectivity index (χ4n) is 4.98. The van der Waals surface area contributed by atoms with Gasteiger partial charge in [0, 0.05) is 11.3 Å². The third-order valence-electron chi connectivity index (χ3n) is 7.09. The van der Waals surface area contributed by atoms with E-state index in [-0.39, 0.29) is 24.5 Å². The number of hydrazone groups is 1. The van der Waals surface area contributed by atoms with Crippen LogP contribution in [0.2, 0.25) is 0 Å². The van der Waals surface area contributed by atoms with Crippen LogP contribution in [0.4, 0.5) is 4.79 Å². The van der Waals surface area contributed by atoms with Crippen LogP contribution in [0.5, 0.6) is 23.0 Å². The molecule has 0 spiro atoms. The standard InChI is InChI=1S/C36H40N4O8/c1-6-12-27-17-25(18-30(45-7-2)34(27)48-21-24-13-10-9-11-14-24)20-37-40-31(41)22-47-28-16-15-26(19-29(28)44-5)33-32(35(42)46-8-3)23(4)38-36(43)39-33/h6,9-11,13-20,33H,1,7-8,12,21-22H2,2-5H3,(H,40,41)(H2,38,39,43)/b37-20-/t33-/m0/s1. The minimum atomic E-state index is -0.780. The number of rotatable bonds is 16. The number of urea groups is 1. The molecule has 3 aromatic rings. The van der Waals surface area contributed by atoms with Crippen LogP contribution in [0.3, 0.4) is 0 Å². The van der Waals surface area contributed by atoms with Crippen molar-refractivity contribution >= 4 is 24.1 Å². The Labute approximate surface area is 279 Å². The average Bonchev–Trinajstić information content (AvgIpc) is 3.07. The number of nitrogens with zero attached hydrogens (tertiary/aromatic N) is 1. The van der Waals surface area contributed by atoms with E-state index in [1.54, 1.807) is 44.2 Å². The molecule has 4 rings (SSSR count). The monoisotopic (exact) mass is 656 g/mol. The van der Waals surface area contributed by atoms with Gasteiger partial charge < -0.3 is 34.3 Å². The number of esters is 1. The van der Waals surface area contributed by atoms with Gasteiger partial charge in [-0.05, 0) is 68.1 Å². The predicted molar refractivity (Wildman–Crippen MR) is 180 cm³/mol. The number of allylic oxidation sites excluding steroid dienone is 2. The van der Waals surface area contributed by atoms with Crippen molar-refractivity contribution in [3.05, 3.63) is 107 Å². The largest absolute Gasteiger partial charge is 0.493 e. The van der Waals surface area contributed by atoms with Crippen molar-refractivity contribution in [3.8, 4) is 23.0 Å². The number of ether oxygens (including phenoxy) is 5. The summed E-state index contributed by atoms with van der Waals surface area (Å²) in [5, 5.41) is 9.44. The number of hydrogen-bond acceptors (Lipinski definition) is 9. The Balaban J connectivity index is 1.42. The second kappa shape index (κ2) is 17.2. The van der Waals surface area contributed by atoms with Gasteiger partial charge in [0.25, 0.3) is 5.91 Å². The van der Waals surface area contributed by atoms with Gasteiger partial charge in [0.15, 0.2) is 29.6 Å². The Kier molecular flexibility index (Phi) is 12.6. The van der Waals surface area contributed by atoms with E-state index in [1.807, 2.05) is 43.3 Å². The molecular formula is C36H40N4O8. The molecule has 1 aliphatic rings. The first-order valence-corrected chi connectivity index (χ1v) is 15.4. The van der Waals surface area contributed by atoms with Crippen molar-refractivity contribution in [2.75, 3.05) is 26.9 Å². The molecule has 0 saturated heterocycles. The summed E-state index contributed by atoms with van der Waals surface area (Å²) in [7, 11) is 1.44. The average molecular weight is 657 g/mol. The lowest BCUT2D eigenvalue weighted by molar-refractivity contribution is -0.139. The number of methoxy groups -OCH3 is 1. The third-order valence-corrected chi connectivity index (χ3v) is 7.09. The van der Waals surface area contributed by atoms with Crippen LogP contribution in [0.1, 0.15) is 49.1 Å². The summed E-state index contributed by atoms with van der Waals surface area (Å²) in [6.07, 6.45) is 3.82. The van der Waals surface area contributed by atoms with Gasteiger partial charge in [0.05, 0.1) is 38.2 Å². The van der Waals surface area contributed by atoms with Crippen LogP contribution >= 0.6 is 0 Å². The lowest BCUT2D eigenvalue weighted by Gasteiger charge is -2.28. The fraction of sp³-hybridized carbons (Fsp3) is 0.278. The van der Waals surface area contributed by atoms with Crippen LogP contribution in [0.15, 0.2) is 89.7 Å². The SMILES string of the molecule is C=CCc1cc(/C=N\NC(=O)COc2ccc([C@@H]3NC(=O)NC(C)=C3C(=O)OCC)cc2OC)cc(OCC)c1OCc1ccccc1. The normalized spacial score (nSPS) is 14.1. The lowest BCUT2D eigenvalue weighted by atomic mass is 9.95. The van der Waals surface area contributed by atoms with Gasteiger partial charge in [-0.15, -0.1) is 6.58 Å². The second-order valence-corrected chi connectivity index (χ2v) is 10.5. The van der Waals surface area contributed by atoms with E-state index in [1.165, 1.54) is 13.3 Å². The van der Waals surface area contributed by atoms with Gasteiger partial charge >= 0.3 is 12.0 Å². The van der Waals surface area contributed by atoms with E-state index in [0.29, 0.717) is 53.7 Å². The molecule has 0 saturated carbocycles. The number of hydrogen-bond donors (Lipinski definition) is 3. The van der Waals surface area contributed by atoms with E-state index in [2.05, 4.69) is 27.7 Å². The van der Waals surface area contributed by atoms with Crippen LogP contribution < -0.4 is 35.0 Å². The van der Waals surface area contributed by atoms with E-state index in [9.17, 15) is 14.4 Å². The molecule has 0 radical (unpaired) electrons. The zero-order chi connectivity index (χ0) is 34.5. The second-order valence-electron chi connectivity index (χ2n) is 10.5. The summed E-state index contributed by atoms with van der Waals surface area (Å²) in [6, 6.07) is 17.2. The van der Waals surface area contributed by atoms with Crippen molar-refractivity contribution in [2.24, 2.45) is 5.10 Å². The first-order valence-electron chi connectivity index (χ1n) is 15.4. The number of carbonyl (C=O) groups is 3.